The van der Waals surface area contributed by atoms with Crippen LogP contribution in [0.25, 0.3) is 0 Å². The highest BCUT2D eigenvalue weighted by Crippen LogP contribution is 2.22. The average Bonchev–Trinajstić information content (AvgIpc) is 2.81. The monoisotopic (exact) mass is 203 g/mol. The van der Waals surface area contributed by atoms with Crippen LogP contribution in [-0.2, 0) is 6.42 Å². The minimum atomic E-state index is 0.855. The zero-order valence-electron chi connectivity index (χ0n) is 9.65. The van der Waals surface area contributed by atoms with Gasteiger partial charge in [-0.15, -0.1) is 0 Å². The Kier molecular flexibility index (Phi) is 3.79. The Labute approximate surface area is 93.1 Å². The second kappa shape index (κ2) is 5.32. The zero-order chi connectivity index (χ0) is 10.5. The minimum Gasteiger partial charge on any atom is -0.303 e. The molecule has 0 saturated heterocycles. The van der Waals surface area contributed by atoms with E-state index in [9.17, 15) is 0 Å². The molecule has 0 atom stereocenters. The number of hydrogen-bond acceptors (Lipinski definition) is 1. The van der Waals surface area contributed by atoms with Crippen LogP contribution in [0.4, 0.5) is 0 Å². The molecule has 1 fully saturated rings. The topological polar surface area (TPSA) is 3.24 Å². The molecule has 0 aromatic heterocycles. The van der Waals surface area contributed by atoms with Crippen LogP contribution in [0.1, 0.15) is 31.2 Å². The highest BCUT2D eigenvalue weighted by molar-refractivity contribution is 5.14. The smallest absolute Gasteiger partial charge is 0.00923 e. The molecule has 0 N–H and O–H groups in total. The molecular weight excluding hydrogens is 182 g/mol. The van der Waals surface area contributed by atoms with E-state index in [-0.39, 0.29) is 0 Å². The second-order valence-corrected chi connectivity index (χ2v) is 4.65. The molecule has 0 unspecified atom stereocenters. The summed E-state index contributed by atoms with van der Waals surface area (Å²) in [6.07, 6.45) is 6.87. The van der Waals surface area contributed by atoms with E-state index in [1.165, 1.54) is 44.2 Å². The first-order valence-electron chi connectivity index (χ1n) is 6.10. The third-order valence-corrected chi connectivity index (χ3v) is 3.54. The van der Waals surface area contributed by atoms with Crippen molar-refractivity contribution >= 4 is 0 Å². The van der Waals surface area contributed by atoms with E-state index in [0.717, 1.165) is 6.04 Å². The number of nitrogens with zero attached hydrogens (tertiary/aromatic N) is 1. The van der Waals surface area contributed by atoms with Crippen LogP contribution >= 0.6 is 0 Å². The van der Waals surface area contributed by atoms with Gasteiger partial charge in [-0.25, -0.2) is 0 Å². The zero-order valence-corrected chi connectivity index (χ0v) is 9.65. The van der Waals surface area contributed by atoms with Crippen molar-refractivity contribution in [2.75, 3.05) is 13.6 Å². The molecule has 0 spiro atoms. The Morgan fingerprint density at radius 3 is 2.47 bits per heavy atom. The van der Waals surface area contributed by atoms with Gasteiger partial charge in [0.25, 0.3) is 0 Å². The lowest BCUT2D eigenvalue weighted by Crippen LogP contribution is -2.30. The minimum absolute atomic E-state index is 0.855. The lowest BCUT2D eigenvalue weighted by Gasteiger charge is -2.23. The van der Waals surface area contributed by atoms with Gasteiger partial charge in [0.2, 0.25) is 0 Å². The second-order valence-electron chi connectivity index (χ2n) is 4.65. The van der Waals surface area contributed by atoms with Crippen LogP contribution < -0.4 is 0 Å². The fraction of sp³-hybridized carbons (Fsp3) is 0.571. The molecule has 1 saturated carbocycles. The van der Waals surface area contributed by atoms with Gasteiger partial charge in [-0.2, -0.15) is 0 Å². The van der Waals surface area contributed by atoms with E-state index in [2.05, 4.69) is 42.3 Å². The molecule has 82 valence electrons. The third kappa shape index (κ3) is 3.07. The largest absolute Gasteiger partial charge is 0.303 e. The molecule has 1 nitrogen and oxygen atoms in total. The quantitative estimate of drug-likeness (QED) is 0.727. The molecule has 0 radical (unpaired) electrons. The van der Waals surface area contributed by atoms with E-state index < -0.39 is 0 Å². The summed E-state index contributed by atoms with van der Waals surface area (Å²) < 4.78 is 0. The van der Waals surface area contributed by atoms with Crippen LogP contribution in [0.15, 0.2) is 30.3 Å². The maximum absolute atomic E-state index is 2.54. The van der Waals surface area contributed by atoms with E-state index in [0.29, 0.717) is 0 Å². The summed E-state index contributed by atoms with van der Waals surface area (Å²) in [5, 5.41) is 0. The summed E-state index contributed by atoms with van der Waals surface area (Å²) in [7, 11) is 2.28. The molecule has 15 heavy (non-hydrogen) atoms. The predicted molar refractivity (Wildman–Crippen MR) is 65.0 cm³/mol. The Morgan fingerprint density at radius 2 is 1.80 bits per heavy atom. The van der Waals surface area contributed by atoms with Crippen molar-refractivity contribution in [1.82, 2.24) is 4.90 Å². The van der Waals surface area contributed by atoms with Crippen LogP contribution in [0.3, 0.4) is 0 Å². The molecule has 1 heteroatoms. The average molecular weight is 203 g/mol. The van der Waals surface area contributed by atoms with Crippen molar-refractivity contribution in [3.63, 3.8) is 0 Å². The van der Waals surface area contributed by atoms with Gasteiger partial charge < -0.3 is 4.90 Å². The molecule has 0 aliphatic heterocycles. The molecule has 1 aliphatic carbocycles. The molecule has 1 aliphatic rings. The molecular formula is C14H21N. The Morgan fingerprint density at radius 1 is 1.13 bits per heavy atom. The first kappa shape index (κ1) is 10.7. The van der Waals surface area contributed by atoms with E-state index in [4.69, 9.17) is 0 Å². The summed E-state index contributed by atoms with van der Waals surface area (Å²) in [5.41, 5.74) is 1.46. The third-order valence-electron chi connectivity index (χ3n) is 3.54. The first-order valence-corrected chi connectivity index (χ1v) is 6.10. The number of rotatable bonds is 4. The molecule has 1 aromatic carbocycles. The Hall–Kier alpha value is -0.820. The normalized spacial score (nSPS) is 17.5. The number of likely N-dealkylation sites (N-methyl/N-ethyl adjacent to an activating group) is 1. The maximum Gasteiger partial charge on any atom is 0.00923 e. The van der Waals surface area contributed by atoms with Crippen LogP contribution in [0.5, 0.6) is 0 Å². The summed E-state index contributed by atoms with van der Waals surface area (Å²) in [6.45, 7) is 1.20. The lowest BCUT2D eigenvalue weighted by atomic mass is 10.1. The van der Waals surface area contributed by atoms with Crippen molar-refractivity contribution in [2.45, 2.75) is 38.1 Å². The van der Waals surface area contributed by atoms with Crippen LogP contribution in [0.2, 0.25) is 0 Å². The maximum atomic E-state index is 2.54. The van der Waals surface area contributed by atoms with Gasteiger partial charge in [0.1, 0.15) is 0 Å². The molecule has 0 bridgehead atoms. The van der Waals surface area contributed by atoms with Crippen LogP contribution in [-0.4, -0.2) is 24.5 Å². The summed E-state index contributed by atoms with van der Waals surface area (Å²) in [6, 6.07) is 11.7. The van der Waals surface area contributed by atoms with Gasteiger partial charge in [0, 0.05) is 12.6 Å². The van der Waals surface area contributed by atoms with Crippen molar-refractivity contribution in [2.24, 2.45) is 0 Å². The molecule has 1 aromatic rings. The van der Waals surface area contributed by atoms with Gasteiger partial charge in [-0.05, 0) is 31.9 Å². The lowest BCUT2D eigenvalue weighted by molar-refractivity contribution is 0.248. The number of hydrogen-bond donors (Lipinski definition) is 0. The van der Waals surface area contributed by atoms with Gasteiger partial charge in [-0.3, -0.25) is 0 Å². The molecule has 0 amide bonds. The van der Waals surface area contributed by atoms with Crippen molar-refractivity contribution in [1.29, 1.82) is 0 Å². The van der Waals surface area contributed by atoms with Gasteiger partial charge >= 0.3 is 0 Å². The fourth-order valence-electron chi connectivity index (χ4n) is 2.48. The van der Waals surface area contributed by atoms with E-state index in [1.807, 2.05) is 0 Å². The van der Waals surface area contributed by atoms with E-state index >= 15 is 0 Å². The fourth-order valence-corrected chi connectivity index (χ4v) is 2.48. The number of benzene rings is 1. The predicted octanol–water partition coefficient (Wildman–Crippen LogP) is 3.10. The highest BCUT2D eigenvalue weighted by atomic mass is 15.1. The van der Waals surface area contributed by atoms with Crippen molar-refractivity contribution in [3.8, 4) is 0 Å². The first-order chi connectivity index (χ1) is 7.36. The molecule has 2 rings (SSSR count). The van der Waals surface area contributed by atoms with Gasteiger partial charge in [0.15, 0.2) is 0 Å². The Bertz CT molecular complexity index is 275. The standard InChI is InChI=1S/C14H21N/c1-15(14-9-5-6-10-14)12-11-13-7-3-2-4-8-13/h2-4,7-8,14H,5-6,9-12H2,1H3. The van der Waals surface area contributed by atoms with Crippen molar-refractivity contribution in [3.05, 3.63) is 35.9 Å². The summed E-state index contributed by atoms with van der Waals surface area (Å²) >= 11 is 0. The van der Waals surface area contributed by atoms with Crippen molar-refractivity contribution < 1.29 is 0 Å². The highest BCUT2D eigenvalue weighted by Gasteiger charge is 2.18. The molecule has 0 heterocycles. The van der Waals surface area contributed by atoms with Gasteiger partial charge in [-0.1, -0.05) is 43.2 Å². The Balaban J connectivity index is 1.77. The van der Waals surface area contributed by atoms with Gasteiger partial charge in [0.05, 0.1) is 0 Å². The summed E-state index contributed by atoms with van der Waals surface area (Å²) in [5.74, 6) is 0. The summed E-state index contributed by atoms with van der Waals surface area (Å²) in [4.78, 5) is 2.54. The van der Waals surface area contributed by atoms with Crippen LogP contribution in [0, 0.1) is 0 Å². The van der Waals surface area contributed by atoms with E-state index in [1.54, 1.807) is 0 Å². The SMILES string of the molecule is CN(CCc1ccccc1)C1CCCC1.